The molecule has 1 amide bonds. The molecule has 1 aliphatic rings. The van der Waals surface area contributed by atoms with E-state index in [0.717, 1.165) is 35.7 Å². The zero-order chi connectivity index (χ0) is 21.5. The number of hydrogen-bond donors (Lipinski definition) is 0. The van der Waals surface area contributed by atoms with Gasteiger partial charge in [0.2, 0.25) is 0 Å². The SMILES string of the molecule is C=CCN1C(=O)/C(=C/c2ccc(N(CC)CC)cc2OCc2ccccc2)SC1=S. The summed E-state index contributed by atoms with van der Waals surface area (Å²) in [5, 5.41) is 0. The number of rotatable bonds is 9. The van der Waals surface area contributed by atoms with Gasteiger partial charge in [-0.2, -0.15) is 0 Å². The highest BCUT2D eigenvalue weighted by molar-refractivity contribution is 8.26. The molecule has 0 spiro atoms. The van der Waals surface area contributed by atoms with Gasteiger partial charge in [-0.1, -0.05) is 60.4 Å². The van der Waals surface area contributed by atoms with E-state index in [4.69, 9.17) is 17.0 Å². The summed E-state index contributed by atoms with van der Waals surface area (Å²) in [5.74, 6) is 0.656. The van der Waals surface area contributed by atoms with E-state index < -0.39 is 0 Å². The molecule has 156 valence electrons. The smallest absolute Gasteiger partial charge is 0.266 e. The first-order chi connectivity index (χ1) is 14.6. The molecular formula is C24H26N2O2S2. The fourth-order valence-electron chi connectivity index (χ4n) is 3.22. The van der Waals surface area contributed by atoms with Gasteiger partial charge in [0.1, 0.15) is 16.7 Å². The average molecular weight is 439 g/mol. The molecule has 0 N–H and O–H groups in total. The zero-order valence-electron chi connectivity index (χ0n) is 17.3. The van der Waals surface area contributed by atoms with Gasteiger partial charge in [-0.15, -0.1) is 6.58 Å². The average Bonchev–Trinajstić information content (AvgIpc) is 3.03. The van der Waals surface area contributed by atoms with Gasteiger partial charge < -0.3 is 9.64 Å². The Bertz CT molecular complexity index is 953. The van der Waals surface area contributed by atoms with Gasteiger partial charge in [0.15, 0.2) is 0 Å². The highest BCUT2D eigenvalue weighted by Gasteiger charge is 2.31. The highest BCUT2D eigenvalue weighted by Crippen LogP contribution is 2.35. The molecule has 3 rings (SSSR count). The zero-order valence-corrected chi connectivity index (χ0v) is 19.0. The summed E-state index contributed by atoms with van der Waals surface area (Å²) in [5.41, 5.74) is 3.05. The van der Waals surface area contributed by atoms with Gasteiger partial charge in [0, 0.05) is 37.0 Å². The van der Waals surface area contributed by atoms with Crippen molar-refractivity contribution < 1.29 is 9.53 Å². The number of carbonyl (C=O) groups excluding carboxylic acids is 1. The van der Waals surface area contributed by atoms with Gasteiger partial charge in [-0.25, -0.2) is 0 Å². The van der Waals surface area contributed by atoms with Crippen LogP contribution in [0, 0.1) is 0 Å². The van der Waals surface area contributed by atoms with E-state index in [2.05, 4.69) is 31.4 Å². The molecular weight excluding hydrogens is 412 g/mol. The van der Waals surface area contributed by atoms with Gasteiger partial charge in [-0.3, -0.25) is 9.69 Å². The van der Waals surface area contributed by atoms with Crippen LogP contribution in [0.1, 0.15) is 25.0 Å². The number of thioether (sulfide) groups is 1. The molecule has 0 aromatic heterocycles. The van der Waals surface area contributed by atoms with Crippen LogP contribution < -0.4 is 9.64 Å². The minimum absolute atomic E-state index is 0.0910. The van der Waals surface area contributed by atoms with Crippen LogP contribution >= 0.6 is 24.0 Å². The first-order valence-electron chi connectivity index (χ1n) is 9.99. The van der Waals surface area contributed by atoms with Crippen molar-refractivity contribution in [2.75, 3.05) is 24.5 Å². The lowest BCUT2D eigenvalue weighted by Crippen LogP contribution is -2.27. The molecule has 0 radical (unpaired) electrons. The lowest BCUT2D eigenvalue weighted by Gasteiger charge is -2.22. The molecule has 1 heterocycles. The maximum absolute atomic E-state index is 12.7. The van der Waals surface area contributed by atoms with Crippen molar-refractivity contribution in [3.63, 3.8) is 0 Å². The summed E-state index contributed by atoms with van der Waals surface area (Å²) in [7, 11) is 0. The third-order valence-electron chi connectivity index (χ3n) is 4.83. The van der Waals surface area contributed by atoms with Crippen LogP contribution in [-0.4, -0.2) is 34.8 Å². The minimum atomic E-state index is -0.0910. The summed E-state index contributed by atoms with van der Waals surface area (Å²) in [6.07, 6.45) is 3.55. The first-order valence-corrected chi connectivity index (χ1v) is 11.2. The second-order valence-corrected chi connectivity index (χ2v) is 8.43. The first kappa shape index (κ1) is 22.1. The summed E-state index contributed by atoms with van der Waals surface area (Å²) < 4.78 is 6.75. The maximum atomic E-state index is 12.7. The van der Waals surface area contributed by atoms with E-state index >= 15 is 0 Å². The molecule has 2 aromatic rings. The van der Waals surface area contributed by atoms with Crippen LogP contribution in [0.2, 0.25) is 0 Å². The van der Waals surface area contributed by atoms with Crippen LogP contribution in [0.4, 0.5) is 5.69 Å². The number of nitrogens with zero attached hydrogens (tertiary/aromatic N) is 2. The number of amides is 1. The Labute approximate surface area is 188 Å². The van der Waals surface area contributed by atoms with Crippen molar-refractivity contribution in [1.29, 1.82) is 0 Å². The molecule has 2 aromatic carbocycles. The Hall–Kier alpha value is -2.57. The number of ether oxygens (including phenoxy) is 1. The van der Waals surface area contributed by atoms with Gasteiger partial charge in [-0.05, 0) is 37.6 Å². The largest absolute Gasteiger partial charge is 0.488 e. The second kappa shape index (κ2) is 10.5. The van der Waals surface area contributed by atoms with Gasteiger partial charge >= 0.3 is 0 Å². The summed E-state index contributed by atoms with van der Waals surface area (Å²) in [4.78, 5) is 17.1. The van der Waals surface area contributed by atoms with Crippen LogP contribution in [0.5, 0.6) is 5.75 Å². The molecule has 0 bridgehead atoms. The monoisotopic (exact) mass is 438 g/mol. The van der Waals surface area contributed by atoms with E-state index in [9.17, 15) is 4.79 Å². The fourth-order valence-corrected chi connectivity index (χ4v) is 4.48. The quantitative estimate of drug-likeness (QED) is 0.293. The summed E-state index contributed by atoms with van der Waals surface area (Å²) >= 11 is 6.67. The Morgan fingerprint density at radius 2 is 1.90 bits per heavy atom. The molecule has 30 heavy (non-hydrogen) atoms. The molecule has 6 heteroatoms. The highest BCUT2D eigenvalue weighted by atomic mass is 32.2. The number of hydrogen-bond acceptors (Lipinski definition) is 5. The Balaban J connectivity index is 1.93. The lowest BCUT2D eigenvalue weighted by atomic mass is 10.1. The standard InChI is InChI=1S/C24H26N2O2S2/c1-4-14-26-23(27)22(30-24(26)29)15-19-12-13-20(25(5-2)6-3)16-21(19)28-17-18-10-8-7-9-11-18/h4,7-13,15-16H,1,5-6,14,17H2,2-3H3/b22-15-. The topological polar surface area (TPSA) is 32.8 Å². The van der Waals surface area contributed by atoms with Crippen molar-refractivity contribution in [3.05, 3.63) is 77.2 Å². The Morgan fingerprint density at radius 1 is 1.17 bits per heavy atom. The van der Waals surface area contributed by atoms with Gasteiger partial charge in [0.05, 0.1) is 4.91 Å². The van der Waals surface area contributed by atoms with Crippen molar-refractivity contribution in [2.45, 2.75) is 20.5 Å². The predicted molar refractivity (Wildman–Crippen MR) is 131 cm³/mol. The van der Waals surface area contributed by atoms with Crippen molar-refractivity contribution in [1.82, 2.24) is 4.90 Å². The molecule has 0 atom stereocenters. The third-order valence-corrected chi connectivity index (χ3v) is 6.21. The molecule has 4 nitrogen and oxygen atoms in total. The second-order valence-electron chi connectivity index (χ2n) is 6.75. The van der Waals surface area contributed by atoms with Crippen molar-refractivity contribution >= 4 is 46.0 Å². The molecule has 1 fully saturated rings. The molecule has 0 aliphatic carbocycles. The van der Waals surface area contributed by atoms with Crippen LogP contribution in [0.15, 0.2) is 66.1 Å². The summed E-state index contributed by atoms with van der Waals surface area (Å²) in [6, 6.07) is 16.2. The predicted octanol–water partition coefficient (Wildman–Crippen LogP) is 5.50. The molecule has 0 unspecified atom stereocenters. The Kier molecular flexibility index (Phi) is 7.71. The van der Waals surface area contributed by atoms with E-state index in [1.165, 1.54) is 11.8 Å². The normalized spacial score (nSPS) is 15.0. The van der Waals surface area contributed by atoms with Crippen LogP contribution in [-0.2, 0) is 11.4 Å². The number of thiocarbonyl (C=S) groups is 1. The Morgan fingerprint density at radius 3 is 2.57 bits per heavy atom. The van der Waals surface area contributed by atoms with E-state index in [0.29, 0.717) is 22.4 Å². The minimum Gasteiger partial charge on any atom is -0.488 e. The third kappa shape index (κ3) is 5.12. The number of carbonyl (C=O) groups is 1. The van der Waals surface area contributed by atoms with Crippen LogP contribution in [0.3, 0.4) is 0 Å². The van der Waals surface area contributed by atoms with E-state index in [-0.39, 0.29) is 5.91 Å². The van der Waals surface area contributed by atoms with Crippen LogP contribution in [0.25, 0.3) is 6.08 Å². The molecule has 0 saturated carbocycles. The number of benzene rings is 2. The fraction of sp³-hybridized carbons (Fsp3) is 0.250. The molecule has 1 aliphatic heterocycles. The molecule has 1 saturated heterocycles. The van der Waals surface area contributed by atoms with E-state index in [1.54, 1.807) is 11.0 Å². The van der Waals surface area contributed by atoms with Crippen molar-refractivity contribution in [2.24, 2.45) is 0 Å². The van der Waals surface area contributed by atoms with Gasteiger partial charge in [0.25, 0.3) is 5.91 Å². The maximum Gasteiger partial charge on any atom is 0.266 e. The summed E-state index contributed by atoms with van der Waals surface area (Å²) in [6.45, 7) is 10.7. The lowest BCUT2D eigenvalue weighted by molar-refractivity contribution is -0.121. The van der Waals surface area contributed by atoms with Crippen molar-refractivity contribution in [3.8, 4) is 5.75 Å². The van der Waals surface area contributed by atoms with E-state index in [1.807, 2.05) is 48.5 Å². The number of anilines is 1.